The fourth-order valence-corrected chi connectivity index (χ4v) is 3.90. The summed E-state index contributed by atoms with van der Waals surface area (Å²) in [5, 5.41) is 1.82. The number of rotatable bonds is 3. The Bertz CT molecular complexity index is 940. The molecule has 1 aliphatic rings. The van der Waals surface area contributed by atoms with E-state index in [9.17, 15) is 4.79 Å². The van der Waals surface area contributed by atoms with Gasteiger partial charge in [-0.1, -0.05) is 41.9 Å². The Labute approximate surface area is 161 Å². The van der Waals surface area contributed by atoms with E-state index in [4.69, 9.17) is 27.9 Å². The molecule has 1 aliphatic heterocycles. The molecular formula is C20H18Cl2N2O2. The van der Waals surface area contributed by atoms with Gasteiger partial charge in [-0.05, 0) is 35.7 Å². The van der Waals surface area contributed by atoms with Gasteiger partial charge >= 0.3 is 6.09 Å². The Balaban J connectivity index is 1.83. The van der Waals surface area contributed by atoms with Crippen LogP contribution in [0.3, 0.4) is 0 Å². The summed E-state index contributed by atoms with van der Waals surface area (Å²) in [6.45, 7) is 0.778. The predicted molar refractivity (Wildman–Crippen MR) is 104 cm³/mol. The number of alkyl halides is 1. The Morgan fingerprint density at radius 3 is 2.81 bits per heavy atom. The van der Waals surface area contributed by atoms with Crippen LogP contribution in [0.4, 0.5) is 4.79 Å². The second kappa shape index (κ2) is 7.22. The molecule has 1 unspecified atom stereocenters. The zero-order chi connectivity index (χ0) is 18.1. The molecule has 0 bridgehead atoms. The highest BCUT2D eigenvalue weighted by Gasteiger charge is 2.35. The summed E-state index contributed by atoms with van der Waals surface area (Å²) in [5.74, 6) is 0.283. The van der Waals surface area contributed by atoms with Crippen molar-refractivity contribution in [3.8, 4) is 0 Å². The summed E-state index contributed by atoms with van der Waals surface area (Å²) in [6, 6.07) is 15.6. The fourth-order valence-electron chi connectivity index (χ4n) is 3.65. The molecule has 0 aliphatic carbocycles. The Kier molecular flexibility index (Phi) is 4.79. The molecule has 0 radical (unpaired) electrons. The van der Waals surface area contributed by atoms with Gasteiger partial charge < -0.3 is 9.72 Å². The molecule has 6 heteroatoms. The first kappa shape index (κ1) is 17.3. The van der Waals surface area contributed by atoms with Crippen molar-refractivity contribution < 1.29 is 9.53 Å². The number of amides is 1. The average Bonchev–Trinajstić information content (AvgIpc) is 3.03. The summed E-state index contributed by atoms with van der Waals surface area (Å²) in [6.07, 6.45) is 0.400. The highest BCUT2D eigenvalue weighted by atomic mass is 35.5. The number of ether oxygens (including phenoxy) is 1. The van der Waals surface area contributed by atoms with Crippen LogP contribution in [-0.4, -0.2) is 35.0 Å². The largest absolute Gasteiger partial charge is 0.448 e. The number of halogens is 2. The molecule has 2 aromatic carbocycles. The lowest BCUT2D eigenvalue weighted by Crippen LogP contribution is -2.41. The van der Waals surface area contributed by atoms with Gasteiger partial charge in [0.05, 0.1) is 5.88 Å². The van der Waals surface area contributed by atoms with E-state index in [2.05, 4.69) is 4.98 Å². The number of benzene rings is 2. The zero-order valence-electron chi connectivity index (χ0n) is 14.0. The molecule has 0 saturated heterocycles. The molecule has 2 heterocycles. The van der Waals surface area contributed by atoms with Gasteiger partial charge in [0.2, 0.25) is 0 Å². The van der Waals surface area contributed by atoms with E-state index in [-0.39, 0.29) is 24.6 Å². The van der Waals surface area contributed by atoms with E-state index in [1.165, 1.54) is 5.56 Å². The smallest absolute Gasteiger partial charge is 0.410 e. The van der Waals surface area contributed by atoms with Crippen molar-refractivity contribution in [2.45, 2.75) is 12.5 Å². The van der Waals surface area contributed by atoms with Gasteiger partial charge in [-0.2, -0.15) is 0 Å². The fraction of sp³-hybridized carbons (Fsp3) is 0.250. The van der Waals surface area contributed by atoms with E-state index in [1.807, 2.05) is 48.5 Å². The minimum atomic E-state index is -0.346. The summed E-state index contributed by atoms with van der Waals surface area (Å²) in [4.78, 5) is 17.9. The standard InChI is InChI=1S/C20H18Cl2N2O2/c21-9-11-26-20(25)24-10-8-15-16-12-14(22)6-7-17(16)23-18(15)19(24)13-4-2-1-3-5-13/h1-7,12,19,23H,8-11H2. The molecule has 1 N–H and O–H groups in total. The second-order valence-electron chi connectivity index (χ2n) is 6.27. The number of nitrogens with zero attached hydrogens (tertiary/aromatic N) is 1. The quantitative estimate of drug-likeness (QED) is 0.630. The molecule has 134 valence electrons. The van der Waals surface area contributed by atoms with Crippen LogP contribution in [0.1, 0.15) is 22.9 Å². The molecule has 1 aromatic heterocycles. The first-order valence-corrected chi connectivity index (χ1v) is 9.44. The third kappa shape index (κ3) is 3.04. The van der Waals surface area contributed by atoms with Crippen LogP contribution in [0.15, 0.2) is 48.5 Å². The average molecular weight is 389 g/mol. The third-order valence-electron chi connectivity index (χ3n) is 4.74. The van der Waals surface area contributed by atoms with Crippen molar-refractivity contribution in [3.63, 3.8) is 0 Å². The summed E-state index contributed by atoms with van der Waals surface area (Å²) < 4.78 is 5.31. The topological polar surface area (TPSA) is 45.3 Å². The van der Waals surface area contributed by atoms with Gasteiger partial charge in [0, 0.05) is 28.2 Å². The van der Waals surface area contributed by atoms with Gasteiger partial charge in [-0.3, -0.25) is 4.90 Å². The highest BCUT2D eigenvalue weighted by Crippen LogP contribution is 2.39. The molecular weight excluding hydrogens is 371 g/mol. The minimum Gasteiger partial charge on any atom is -0.448 e. The highest BCUT2D eigenvalue weighted by molar-refractivity contribution is 6.31. The van der Waals surface area contributed by atoms with Crippen LogP contribution in [0.5, 0.6) is 0 Å². The van der Waals surface area contributed by atoms with E-state index in [0.717, 1.165) is 28.6 Å². The SMILES string of the molecule is O=C(OCCCl)N1CCc2c([nH]c3ccc(Cl)cc23)C1c1ccccc1. The van der Waals surface area contributed by atoms with Crippen molar-refractivity contribution in [1.29, 1.82) is 0 Å². The number of nitrogens with one attached hydrogen (secondary N) is 1. The van der Waals surface area contributed by atoms with Crippen LogP contribution < -0.4 is 0 Å². The van der Waals surface area contributed by atoms with Crippen molar-refractivity contribution in [3.05, 3.63) is 70.4 Å². The number of H-pyrrole nitrogens is 1. The van der Waals surface area contributed by atoms with E-state index < -0.39 is 0 Å². The molecule has 26 heavy (non-hydrogen) atoms. The maximum Gasteiger partial charge on any atom is 0.410 e. The van der Waals surface area contributed by atoms with Gasteiger partial charge in [0.15, 0.2) is 0 Å². The molecule has 1 atom stereocenters. The molecule has 0 spiro atoms. The number of carbonyl (C=O) groups excluding carboxylic acids is 1. The van der Waals surface area contributed by atoms with Crippen LogP contribution in [0, 0.1) is 0 Å². The van der Waals surface area contributed by atoms with Crippen LogP contribution in [0.2, 0.25) is 5.02 Å². The first-order valence-electron chi connectivity index (χ1n) is 8.53. The lowest BCUT2D eigenvalue weighted by Gasteiger charge is -2.35. The van der Waals surface area contributed by atoms with Crippen LogP contribution >= 0.6 is 23.2 Å². The number of hydrogen-bond donors (Lipinski definition) is 1. The lowest BCUT2D eigenvalue weighted by molar-refractivity contribution is 0.0938. The van der Waals surface area contributed by atoms with Gasteiger partial charge in [-0.15, -0.1) is 11.6 Å². The Hall–Kier alpha value is -2.17. The zero-order valence-corrected chi connectivity index (χ0v) is 15.6. The second-order valence-corrected chi connectivity index (χ2v) is 7.08. The molecule has 0 saturated carbocycles. The number of hydrogen-bond acceptors (Lipinski definition) is 2. The van der Waals surface area contributed by atoms with E-state index in [1.54, 1.807) is 4.90 Å². The van der Waals surface area contributed by atoms with Crippen molar-refractivity contribution in [2.24, 2.45) is 0 Å². The Morgan fingerprint density at radius 2 is 2.04 bits per heavy atom. The van der Waals surface area contributed by atoms with Crippen LogP contribution in [0.25, 0.3) is 10.9 Å². The van der Waals surface area contributed by atoms with Gasteiger partial charge in [0.25, 0.3) is 0 Å². The normalized spacial score (nSPS) is 16.5. The first-order chi connectivity index (χ1) is 12.7. The maximum absolute atomic E-state index is 12.6. The number of fused-ring (bicyclic) bond motifs is 3. The molecule has 0 fully saturated rings. The van der Waals surface area contributed by atoms with Crippen molar-refractivity contribution in [1.82, 2.24) is 9.88 Å². The van der Waals surface area contributed by atoms with Gasteiger partial charge in [0.1, 0.15) is 12.6 Å². The van der Waals surface area contributed by atoms with Crippen molar-refractivity contribution in [2.75, 3.05) is 19.0 Å². The van der Waals surface area contributed by atoms with Crippen molar-refractivity contribution >= 4 is 40.2 Å². The third-order valence-corrected chi connectivity index (χ3v) is 5.13. The molecule has 3 aromatic rings. The summed E-state index contributed by atoms with van der Waals surface area (Å²) in [5.41, 5.74) is 4.28. The predicted octanol–water partition coefficient (Wildman–Crippen LogP) is 5.14. The van der Waals surface area contributed by atoms with Gasteiger partial charge in [-0.25, -0.2) is 4.79 Å². The monoisotopic (exact) mass is 388 g/mol. The number of aromatic amines is 1. The lowest BCUT2D eigenvalue weighted by atomic mass is 9.93. The Morgan fingerprint density at radius 1 is 1.23 bits per heavy atom. The molecule has 4 rings (SSSR count). The minimum absolute atomic E-state index is 0.202. The van der Waals surface area contributed by atoms with E-state index >= 15 is 0 Å². The molecule has 4 nitrogen and oxygen atoms in total. The van der Waals surface area contributed by atoms with E-state index in [0.29, 0.717) is 11.6 Å². The number of aromatic nitrogens is 1. The van der Waals surface area contributed by atoms with Crippen LogP contribution in [-0.2, 0) is 11.2 Å². The molecule has 1 amide bonds. The summed E-state index contributed by atoms with van der Waals surface area (Å²) in [7, 11) is 0. The maximum atomic E-state index is 12.6. The number of carbonyl (C=O) groups is 1. The summed E-state index contributed by atoms with van der Waals surface area (Å²) >= 11 is 11.9.